The molecule has 0 radical (unpaired) electrons. The zero-order valence-electron chi connectivity index (χ0n) is 14.5. The lowest BCUT2D eigenvalue weighted by atomic mass is 9.95. The molecule has 0 aliphatic carbocycles. The van der Waals surface area contributed by atoms with Crippen LogP contribution in [0.25, 0.3) is 0 Å². The zero-order chi connectivity index (χ0) is 16.9. The van der Waals surface area contributed by atoms with Crippen LogP contribution in [0.4, 0.5) is 0 Å². The fourth-order valence-corrected chi connectivity index (χ4v) is 2.00. The maximum atomic E-state index is 12.3. The van der Waals surface area contributed by atoms with Crippen LogP contribution in [0.3, 0.4) is 0 Å². The Morgan fingerprint density at radius 3 is 2.09 bits per heavy atom. The third-order valence-electron chi connectivity index (χ3n) is 3.63. The Labute approximate surface area is 133 Å². The molecule has 4 heteroatoms. The van der Waals surface area contributed by atoms with E-state index < -0.39 is 11.5 Å². The van der Waals surface area contributed by atoms with Gasteiger partial charge in [-0.3, -0.25) is 9.59 Å². The van der Waals surface area contributed by atoms with Gasteiger partial charge < -0.3 is 10.6 Å². The molecule has 0 heterocycles. The smallest absolute Gasteiger partial charge is 0.242 e. The van der Waals surface area contributed by atoms with Crippen LogP contribution >= 0.6 is 0 Å². The van der Waals surface area contributed by atoms with Crippen LogP contribution in [0.2, 0.25) is 0 Å². The summed E-state index contributed by atoms with van der Waals surface area (Å²) in [6, 6.07) is 7.54. The van der Waals surface area contributed by atoms with Gasteiger partial charge in [0.25, 0.3) is 0 Å². The lowest BCUT2D eigenvalue weighted by Gasteiger charge is -2.24. The highest BCUT2D eigenvalue weighted by atomic mass is 16.2. The molecule has 2 atom stereocenters. The summed E-state index contributed by atoms with van der Waals surface area (Å²) in [5.41, 5.74) is 1.77. The van der Waals surface area contributed by atoms with E-state index in [0.717, 1.165) is 12.0 Å². The average molecular weight is 304 g/mol. The number of hydrogen-bond donors (Lipinski definition) is 2. The van der Waals surface area contributed by atoms with E-state index in [1.807, 2.05) is 58.9 Å². The van der Waals surface area contributed by atoms with Crippen molar-refractivity contribution in [3.8, 4) is 0 Å². The second-order valence-electron chi connectivity index (χ2n) is 6.83. The molecule has 22 heavy (non-hydrogen) atoms. The summed E-state index contributed by atoms with van der Waals surface area (Å²) in [5, 5.41) is 5.76. The first kappa shape index (κ1) is 18.2. The Hall–Kier alpha value is -1.84. The van der Waals surface area contributed by atoms with E-state index in [1.54, 1.807) is 6.92 Å². The summed E-state index contributed by atoms with van der Waals surface area (Å²) >= 11 is 0. The summed E-state index contributed by atoms with van der Waals surface area (Å²) in [6.07, 6.45) is 0.800. The number of rotatable bonds is 5. The summed E-state index contributed by atoms with van der Waals surface area (Å²) in [5.74, 6) is -0.288. The van der Waals surface area contributed by atoms with Crippen molar-refractivity contribution in [3.63, 3.8) is 0 Å². The molecule has 1 aromatic rings. The van der Waals surface area contributed by atoms with Gasteiger partial charge in [0, 0.05) is 5.41 Å². The molecule has 4 nitrogen and oxygen atoms in total. The van der Waals surface area contributed by atoms with Crippen molar-refractivity contribution in [2.45, 2.75) is 60.0 Å². The van der Waals surface area contributed by atoms with Gasteiger partial charge in [-0.15, -0.1) is 0 Å². The molecule has 0 spiro atoms. The number of carbonyl (C=O) groups is 2. The molecule has 0 saturated carbocycles. The topological polar surface area (TPSA) is 58.2 Å². The molecule has 122 valence electrons. The number of aryl methyl sites for hydroxylation is 1. The van der Waals surface area contributed by atoms with Crippen molar-refractivity contribution >= 4 is 11.8 Å². The molecule has 0 aromatic heterocycles. The second kappa shape index (κ2) is 7.43. The van der Waals surface area contributed by atoms with Crippen LogP contribution in [-0.4, -0.2) is 17.9 Å². The molecule has 2 amide bonds. The number of amides is 2. The van der Waals surface area contributed by atoms with Crippen LogP contribution in [0.1, 0.15) is 58.2 Å². The second-order valence-corrected chi connectivity index (χ2v) is 6.83. The zero-order valence-corrected chi connectivity index (χ0v) is 14.5. The monoisotopic (exact) mass is 304 g/mol. The van der Waals surface area contributed by atoms with Crippen molar-refractivity contribution in [1.82, 2.24) is 10.6 Å². The van der Waals surface area contributed by atoms with Gasteiger partial charge >= 0.3 is 0 Å². The number of carbonyl (C=O) groups excluding carboxylic acids is 2. The summed E-state index contributed by atoms with van der Waals surface area (Å²) < 4.78 is 0. The van der Waals surface area contributed by atoms with Crippen LogP contribution in [0.15, 0.2) is 24.3 Å². The largest absolute Gasteiger partial charge is 0.348 e. The van der Waals surface area contributed by atoms with Crippen LogP contribution in [0.5, 0.6) is 0 Å². The van der Waals surface area contributed by atoms with E-state index in [2.05, 4.69) is 10.6 Å². The predicted octanol–water partition coefficient (Wildman–Crippen LogP) is 3.11. The molecule has 0 aliphatic heterocycles. The van der Waals surface area contributed by atoms with E-state index in [0.29, 0.717) is 0 Å². The van der Waals surface area contributed by atoms with Crippen molar-refractivity contribution in [3.05, 3.63) is 35.4 Å². The van der Waals surface area contributed by atoms with Crippen molar-refractivity contribution < 1.29 is 9.59 Å². The number of nitrogens with one attached hydrogen (secondary N) is 2. The van der Waals surface area contributed by atoms with Crippen molar-refractivity contribution in [2.24, 2.45) is 5.41 Å². The molecular formula is C18H28N2O2. The first-order chi connectivity index (χ1) is 10.1. The summed E-state index contributed by atoms with van der Waals surface area (Å²) in [4.78, 5) is 24.2. The van der Waals surface area contributed by atoms with Crippen LogP contribution < -0.4 is 10.6 Å². The van der Waals surface area contributed by atoms with E-state index >= 15 is 0 Å². The van der Waals surface area contributed by atoms with E-state index in [4.69, 9.17) is 0 Å². The summed E-state index contributed by atoms with van der Waals surface area (Å²) in [7, 11) is 0. The maximum absolute atomic E-state index is 12.3. The lowest BCUT2D eigenvalue weighted by Crippen LogP contribution is -2.48. The van der Waals surface area contributed by atoms with Gasteiger partial charge in [-0.2, -0.15) is 0 Å². The molecule has 0 aliphatic rings. The van der Waals surface area contributed by atoms with Gasteiger partial charge in [-0.05, 0) is 25.8 Å². The van der Waals surface area contributed by atoms with Gasteiger partial charge in [0.05, 0.1) is 6.04 Å². The van der Waals surface area contributed by atoms with E-state index in [9.17, 15) is 9.59 Å². The van der Waals surface area contributed by atoms with Crippen LogP contribution in [0, 0.1) is 12.3 Å². The summed E-state index contributed by atoms with van der Waals surface area (Å²) in [6.45, 7) is 11.3. The minimum atomic E-state index is -0.550. The Morgan fingerprint density at radius 1 is 1.09 bits per heavy atom. The number of hydrogen-bond acceptors (Lipinski definition) is 2. The highest BCUT2D eigenvalue weighted by molar-refractivity contribution is 5.89. The number of benzene rings is 1. The minimum Gasteiger partial charge on any atom is -0.348 e. The Kier molecular flexibility index (Phi) is 6.15. The third kappa shape index (κ3) is 5.17. The molecule has 2 unspecified atom stereocenters. The maximum Gasteiger partial charge on any atom is 0.242 e. The highest BCUT2D eigenvalue weighted by Gasteiger charge is 2.26. The van der Waals surface area contributed by atoms with E-state index in [1.165, 1.54) is 5.56 Å². The Balaban J connectivity index is 2.68. The van der Waals surface area contributed by atoms with Gasteiger partial charge in [0.1, 0.15) is 6.04 Å². The normalized spacial score (nSPS) is 14.1. The third-order valence-corrected chi connectivity index (χ3v) is 3.63. The molecule has 2 N–H and O–H groups in total. The quantitative estimate of drug-likeness (QED) is 0.878. The van der Waals surface area contributed by atoms with Crippen molar-refractivity contribution in [2.75, 3.05) is 0 Å². The molecule has 1 rings (SSSR count). The molecule has 1 aromatic carbocycles. The Morgan fingerprint density at radius 2 is 1.64 bits per heavy atom. The predicted molar refractivity (Wildman–Crippen MR) is 89.4 cm³/mol. The van der Waals surface area contributed by atoms with E-state index in [-0.39, 0.29) is 17.9 Å². The lowest BCUT2D eigenvalue weighted by molar-refractivity contribution is -0.133. The van der Waals surface area contributed by atoms with Crippen LogP contribution in [-0.2, 0) is 9.59 Å². The van der Waals surface area contributed by atoms with Gasteiger partial charge in [-0.25, -0.2) is 0 Å². The van der Waals surface area contributed by atoms with Gasteiger partial charge in [-0.1, -0.05) is 57.5 Å². The van der Waals surface area contributed by atoms with Crippen molar-refractivity contribution in [1.29, 1.82) is 0 Å². The molecular weight excluding hydrogens is 276 g/mol. The standard InChI is InChI=1S/C18H28N2O2/c1-7-15(14-10-8-12(2)9-11-14)20-16(21)13(3)19-17(22)18(4,5)6/h8-11,13,15H,7H2,1-6H3,(H,19,22)(H,20,21). The first-order valence-electron chi connectivity index (χ1n) is 7.83. The molecule has 0 saturated heterocycles. The fraction of sp³-hybridized carbons (Fsp3) is 0.556. The van der Waals surface area contributed by atoms with Gasteiger partial charge in [0.2, 0.25) is 11.8 Å². The first-order valence-corrected chi connectivity index (χ1v) is 7.83. The SMILES string of the molecule is CCC(NC(=O)C(C)NC(=O)C(C)(C)C)c1ccc(C)cc1. The average Bonchev–Trinajstić information content (AvgIpc) is 2.44. The highest BCUT2D eigenvalue weighted by Crippen LogP contribution is 2.17. The fourth-order valence-electron chi connectivity index (χ4n) is 2.00. The minimum absolute atomic E-state index is 0.0397. The molecule has 0 bridgehead atoms. The molecule has 0 fully saturated rings. The van der Waals surface area contributed by atoms with Gasteiger partial charge in [0.15, 0.2) is 0 Å². The Bertz CT molecular complexity index is 515.